The fourth-order valence-corrected chi connectivity index (χ4v) is 2.51. The summed E-state index contributed by atoms with van der Waals surface area (Å²) in [4.78, 5) is 0. The van der Waals surface area contributed by atoms with Crippen LogP contribution in [-0.4, -0.2) is 0 Å². The Balaban J connectivity index is 2.10. The van der Waals surface area contributed by atoms with Gasteiger partial charge in [0.15, 0.2) is 0 Å². The van der Waals surface area contributed by atoms with Gasteiger partial charge in [0.05, 0.1) is 12.3 Å². The summed E-state index contributed by atoms with van der Waals surface area (Å²) in [5.41, 5.74) is 1.03. The first kappa shape index (κ1) is 13.5. The molecule has 0 aliphatic heterocycles. The predicted molar refractivity (Wildman–Crippen MR) is 75.1 cm³/mol. The SMILES string of the molecule is CC(N[C@@H](C)c1ccco1)c1ccc(Cl)cc1Cl. The lowest BCUT2D eigenvalue weighted by Crippen LogP contribution is -2.22. The van der Waals surface area contributed by atoms with E-state index in [4.69, 9.17) is 27.6 Å². The van der Waals surface area contributed by atoms with E-state index in [-0.39, 0.29) is 12.1 Å². The lowest BCUT2D eigenvalue weighted by molar-refractivity contribution is 0.403. The summed E-state index contributed by atoms with van der Waals surface area (Å²) in [5, 5.41) is 4.76. The second kappa shape index (κ2) is 5.79. The average Bonchev–Trinajstić information content (AvgIpc) is 2.81. The van der Waals surface area contributed by atoms with Gasteiger partial charge in [0.1, 0.15) is 5.76 Å². The highest BCUT2D eigenvalue weighted by Gasteiger charge is 2.15. The van der Waals surface area contributed by atoms with Gasteiger partial charge in [-0.3, -0.25) is 0 Å². The highest BCUT2D eigenvalue weighted by Crippen LogP contribution is 2.27. The summed E-state index contributed by atoms with van der Waals surface area (Å²) in [6.45, 7) is 4.12. The molecule has 0 fully saturated rings. The monoisotopic (exact) mass is 283 g/mol. The molecule has 2 rings (SSSR count). The largest absolute Gasteiger partial charge is 0.468 e. The van der Waals surface area contributed by atoms with E-state index in [1.54, 1.807) is 12.3 Å². The molecule has 96 valence electrons. The predicted octanol–water partition coefficient (Wildman–Crippen LogP) is 5.00. The quantitative estimate of drug-likeness (QED) is 0.854. The van der Waals surface area contributed by atoms with E-state index >= 15 is 0 Å². The summed E-state index contributed by atoms with van der Waals surface area (Å²) < 4.78 is 5.36. The minimum Gasteiger partial charge on any atom is -0.468 e. The summed E-state index contributed by atoms with van der Waals surface area (Å²) in [5.74, 6) is 0.909. The standard InChI is InChI=1S/C14H15Cl2NO/c1-9(12-6-5-11(15)8-13(12)16)17-10(2)14-4-3-7-18-14/h3-10,17H,1-2H3/t9?,10-/m0/s1. The second-order valence-corrected chi connectivity index (χ2v) is 5.13. The maximum atomic E-state index is 6.18. The van der Waals surface area contributed by atoms with E-state index in [9.17, 15) is 0 Å². The van der Waals surface area contributed by atoms with Gasteiger partial charge in [-0.25, -0.2) is 0 Å². The van der Waals surface area contributed by atoms with Crippen LogP contribution in [0.15, 0.2) is 41.0 Å². The molecule has 0 spiro atoms. The normalized spacial score (nSPS) is 14.4. The van der Waals surface area contributed by atoms with Gasteiger partial charge in [0.25, 0.3) is 0 Å². The number of halogens is 2. The van der Waals surface area contributed by atoms with Crippen LogP contribution in [0.5, 0.6) is 0 Å². The lowest BCUT2D eigenvalue weighted by Gasteiger charge is -2.20. The zero-order chi connectivity index (χ0) is 13.1. The van der Waals surface area contributed by atoms with E-state index in [1.165, 1.54) is 0 Å². The Morgan fingerprint density at radius 2 is 1.89 bits per heavy atom. The molecule has 0 saturated carbocycles. The summed E-state index contributed by atoms with van der Waals surface area (Å²) in [6, 6.07) is 9.63. The van der Waals surface area contributed by atoms with Gasteiger partial charge in [-0.2, -0.15) is 0 Å². The number of furan rings is 1. The van der Waals surface area contributed by atoms with Gasteiger partial charge in [-0.1, -0.05) is 29.3 Å². The molecule has 2 aromatic rings. The molecule has 0 radical (unpaired) electrons. The molecule has 2 nitrogen and oxygen atoms in total. The number of hydrogen-bond donors (Lipinski definition) is 1. The van der Waals surface area contributed by atoms with Crippen LogP contribution in [0, 0.1) is 0 Å². The van der Waals surface area contributed by atoms with Crippen molar-refractivity contribution in [3.8, 4) is 0 Å². The highest BCUT2D eigenvalue weighted by atomic mass is 35.5. The second-order valence-electron chi connectivity index (χ2n) is 4.29. The molecule has 0 aliphatic carbocycles. The number of rotatable bonds is 4. The van der Waals surface area contributed by atoms with Crippen molar-refractivity contribution < 1.29 is 4.42 Å². The average molecular weight is 284 g/mol. The van der Waals surface area contributed by atoms with Gasteiger partial charge in [0.2, 0.25) is 0 Å². The zero-order valence-electron chi connectivity index (χ0n) is 10.3. The van der Waals surface area contributed by atoms with Crippen LogP contribution in [0.4, 0.5) is 0 Å². The van der Waals surface area contributed by atoms with Gasteiger partial charge < -0.3 is 9.73 Å². The molecule has 1 heterocycles. The van der Waals surface area contributed by atoms with E-state index in [1.807, 2.05) is 24.3 Å². The van der Waals surface area contributed by atoms with Crippen molar-refractivity contribution in [1.82, 2.24) is 5.32 Å². The molecule has 0 bridgehead atoms. The lowest BCUT2D eigenvalue weighted by atomic mass is 10.1. The van der Waals surface area contributed by atoms with Crippen LogP contribution in [-0.2, 0) is 0 Å². The molecule has 1 N–H and O–H groups in total. The fraction of sp³-hybridized carbons (Fsp3) is 0.286. The first-order valence-corrected chi connectivity index (χ1v) is 6.58. The molecule has 0 saturated heterocycles. The Labute approximate surface area is 117 Å². The maximum absolute atomic E-state index is 6.18. The van der Waals surface area contributed by atoms with E-state index in [0.717, 1.165) is 11.3 Å². The van der Waals surface area contributed by atoms with Crippen LogP contribution < -0.4 is 5.32 Å². The molecule has 4 heteroatoms. The smallest absolute Gasteiger partial charge is 0.120 e. The Morgan fingerprint density at radius 3 is 2.50 bits per heavy atom. The third kappa shape index (κ3) is 3.08. The van der Waals surface area contributed by atoms with Crippen molar-refractivity contribution in [2.75, 3.05) is 0 Å². The molecule has 1 aromatic carbocycles. The fourth-order valence-electron chi connectivity index (χ4n) is 1.94. The summed E-state index contributed by atoms with van der Waals surface area (Å²) in [7, 11) is 0. The molecule has 2 atom stereocenters. The topological polar surface area (TPSA) is 25.2 Å². The first-order chi connectivity index (χ1) is 8.58. The van der Waals surface area contributed by atoms with Gasteiger partial charge in [-0.15, -0.1) is 0 Å². The minimum absolute atomic E-state index is 0.120. The Kier molecular flexibility index (Phi) is 4.33. The minimum atomic E-state index is 0.120. The number of nitrogens with one attached hydrogen (secondary N) is 1. The molecular weight excluding hydrogens is 269 g/mol. The Hall–Kier alpha value is -0.960. The van der Waals surface area contributed by atoms with Crippen LogP contribution in [0.3, 0.4) is 0 Å². The van der Waals surface area contributed by atoms with Crippen LogP contribution >= 0.6 is 23.2 Å². The maximum Gasteiger partial charge on any atom is 0.120 e. The van der Waals surface area contributed by atoms with Crippen LogP contribution in [0.25, 0.3) is 0 Å². The zero-order valence-corrected chi connectivity index (χ0v) is 11.8. The first-order valence-electron chi connectivity index (χ1n) is 5.82. The van der Waals surface area contributed by atoms with Crippen molar-refractivity contribution in [1.29, 1.82) is 0 Å². The van der Waals surface area contributed by atoms with Crippen molar-refractivity contribution in [2.24, 2.45) is 0 Å². The Bertz CT molecular complexity index is 511. The molecule has 0 aliphatic rings. The van der Waals surface area contributed by atoms with Gasteiger partial charge in [0, 0.05) is 16.1 Å². The third-order valence-corrected chi connectivity index (χ3v) is 3.46. The molecular formula is C14H15Cl2NO. The van der Waals surface area contributed by atoms with Gasteiger partial charge in [-0.05, 0) is 43.7 Å². The van der Waals surface area contributed by atoms with Crippen molar-refractivity contribution >= 4 is 23.2 Å². The molecule has 1 aromatic heterocycles. The molecule has 1 unspecified atom stereocenters. The molecule has 0 amide bonds. The van der Waals surface area contributed by atoms with Crippen LogP contribution in [0.1, 0.15) is 37.3 Å². The van der Waals surface area contributed by atoms with E-state index < -0.39 is 0 Å². The highest BCUT2D eigenvalue weighted by molar-refractivity contribution is 6.35. The molecule has 18 heavy (non-hydrogen) atoms. The third-order valence-electron chi connectivity index (χ3n) is 2.90. The summed E-state index contributed by atoms with van der Waals surface area (Å²) in [6.07, 6.45) is 1.67. The van der Waals surface area contributed by atoms with Crippen molar-refractivity contribution in [3.05, 3.63) is 58.0 Å². The van der Waals surface area contributed by atoms with Gasteiger partial charge >= 0.3 is 0 Å². The van der Waals surface area contributed by atoms with E-state index in [2.05, 4.69) is 19.2 Å². The number of hydrogen-bond acceptors (Lipinski definition) is 2. The Morgan fingerprint density at radius 1 is 1.11 bits per heavy atom. The number of benzene rings is 1. The van der Waals surface area contributed by atoms with Crippen molar-refractivity contribution in [3.63, 3.8) is 0 Å². The van der Waals surface area contributed by atoms with Crippen molar-refractivity contribution in [2.45, 2.75) is 25.9 Å². The van der Waals surface area contributed by atoms with E-state index in [0.29, 0.717) is 10.0 Å². The van der Waals surface area contributed by atoms with Crippen LogP contribution in [0.2, 0.25) is 10.0 Å². The summed E-state index contributed by atoms with van der Waals surface area (Å²) >= 11 is 12.1.